The molecule has 0 saturated carbocycles. The molecule has 0 unspecified atom stereocenters. The number of thiazole rings is 2. The Kier molecular flexibility index (Phi) is 6.54. The van der Waals surface area contributed by atoms with E-state index >= 15 is 0 Å². The summed E-state index contributed by atoms with van der Waals surface area (Å²) in [6.45, 7) is 4.59. The number of halogens is 3. The maximum atomic E-state index is 12.4. The summed E-state index contributed by atoms with van der Waals surface area (Å²) in [4.78, 5) is 34.6. The summed E-state index contributed by atoms with van der Waals surface area (Å²) in [6, 6.07) is 0.686. The van der Waals surface area contributed by atoms with Crippen molar-refractivity contribution in [3.63, 3.8) is 0 Å². The molecule has 0 radical (unpaired) electrons. The van der Waals surface area contributed by atoms with Gasteiger partial charge in [0.25, 0.3) is 0 Å². The standard InChI is InChI=1S/C15H18N4OS2.C2HF3O2/c1-10-17-11(9-22-10)7-19-12-2-4-18(13(12)6-15(19)20)8-14-16-3-5-21-14;3-2(4,5)1(6)7/h3,5,9,12-13H,2,4,6-8H2,1H3;(H,6,7)/t12-,13+;/m1./s1. The molecular formula is C17H19F3N4O3S2. The second-order valence-corrected chi connectivity index (χ2v) is 8.75. The maximum Gasteiger partial charge on any atom is 0.490 e. The molecule has 12 heteroatoms. The van der Waals surface area contributed by atoms with Crippen LogP contribution in [0.3, 0.4) is 0 Å². The summed E-state index contributed by atoms with van der Waals surface area (Å²) in [7, 11) is 0. The topological polar surface area (TPSA) is 86.6 Å². The lowest BCUT2D eigenvalue weighted by molar-refractivity contribution is -0.192. The molecule has 4 heterocycles. The molecule has 0 aliphatic carbocycles. The number of hydrogen-bond donors (Lipinski definition) is 1. The zero-order valence-electron chi connectivity index (χ0n) is 15.4. The van der Waals surface area contributed by atoms with Gasteiger partial charge in [0.2, 0.25) is 5.91 Å². The average molecular weight is 448 g/mol. The van der Waals surface area contributed by atoms with Gasteiger partial charge < -0.3 is 10.0 Å². The predicted octanol–water partition coefficient (Wildman–Crippen LogP) is 2.92. The first-order valence-corrected chi connectivity index (χ1v) is 10.5. The monoisotopic (exact) mass is 448 g/mol. The maximum absolute atomic E-state index is 12.4. The smallest absolute Gasteiger partial charge is 0.475 e. The number of rotatable bonds is 4. The van der Waals surface area contributed by atoms with Gasteiger partial charge in [0.1, 0.15) is 5.01 Å². The molecule has 2 aliphatic rings. The number of aryl methyl sites for hydroxylation is 1. The van der Waals surface area contributed by atoms with E-state index in [2.05, 4.69) is 20.2 Å². The van der Waals surface area contributed by atoms with Gasteiger partial charge in [-0.1, -0.05) is 0 Å². The first-order chi connectivity index (χ1) is 13.6. The molecule has 2 saturated heterocycles. The summed E-state index contributed by atoms with van der Waals surface area (Å²) in [5, 5.41) is 13.4. The van der Waals surface area contributed by atoms with Crippen molar-refractivity contribution in [2.45, 2.75) is 51.1 Å². The highest BCUT2D eigenvalue weighted by Crippen LogP contribution is 2.34. The van der Waals surface area contributed by atoms with Crippen LogP contribution in [0.2, 0.25) is 0 Å². The molecular weight excluding hydrogens is 429 g/mol. The lowest BCUT2D eigenvalue weighted by atomic mass is 10.1. The van der Waals surface area contributed by atoms with Crippen LogP contribution in [-0.2, 0) is 22.7 Å². The van der Waals surface area contributed by atoms with E-state index in [1.54, 1.807) is 22.7 Å². The van der Waals surface area contributed by atoms with Crippen molar-refractivity contribution in [2.75, 3.05) is 6.54 Å². The highest BCUT2D eigenvalue weighted by atomic mass is 32.1. The van der Waals surface area contributed by atoms with Gasteiger partial charge in [-0.15, -0.1) is 22.7 Å². The van der Waals surface area contributed by atoms with Crippen LogP contribution in [0.15, 0.2) is 17.0 Å². The van der Waals surface area contributed by atoms with Crippen molar-refractivity contribution < 1.29 is 27.9 Å². The molecule has 158 valence electrons. The van der Waals surface area contributed by atoms with Gasteiger partial charge in [-0.3, -0.25) is 9.69 Å². The molecule has 0 bridgehead atoms. The van der Waals surface area contributed by atoms with E-state index in [1.165, 1.54) is 0 Å². The van der Waals surface area contributed by atoms with E-state index in [0.29, 0.717) is 25.0 Å². The number of fused-ring (bicyclic) bond motifs is 1. The first kappa shape index (κ1) is 21.7. The molecule has 2 aromatic rings. The molecule has 0 spiro atoms. The fourth-order valence-electron chi connectivity index (χ4n) is 3.57. The van der Waals surface area contributed by atoms with E-state index in [4.69, 9.17) is 9.90 Å². The third kappa shape index (κ3) is 5.31. The lowest BCUT2D eigenvalue weighted by Gasteiger charge is -2.24. The van der Waals surface area contributed by atoms with E-state index < -0.39 is 12.1 Å². The van der Waals surface area contributed by atoms with E-state index in [0.717, 1.165) is 35.2 Å². The Hall–Kier alpha value is -2.05. The summed E-state index contributed by atoms with van der Waals surface area (Å²) in [6.07, 6.45) is -1.53. The number of carboxylic acid groups (broad SMARTS) is 1. The number of carbonyl (C=O) groups excluding carboxylic acids is 1. The van der Waals surface area contributed by atoms with Crippen molar-refractivity contribution >= 4 is 34.6 Å². The largest absolute Gasteiger partial charge is 0.490 e. The number of aromatic nitrogens is 2. The third-order valence-electron chi connectivity index (χ3n) is 4.79. The molecule has 2 aliphatic heterocycles. The summed E-state index contributed by atoms with van der Waals surface area (Å²) in [5.41, 5.74) is 1.02. The Labute approximate surface area is 172 Å². The van der Waals surface area contributed by atoms with Crippen LogP contribution in [0.5, 0.6) is 0 Å². The summed E-state index contributed by atoms with van der Waals surface area (Å²) in [5.74, 6) is -2.49. The minimum absolute atomic E-state index is 0.268. The molecule has 4 rings (SSSR count). The SMILES string of the molecule is Cc1nc(CN2C(=O)C[C@H]3[C@H]2CCN3Cc2nccs2)cs1.O=C(O)C(F)(F)F. The molecule has 2 fully saturated rings. The van der Waals surface area contributed by atoms with E-state index in [9.17, 15) is 18.0 Å². The molecule has 2 atom stereocenters. The average Bonchev–Trinajstić information content (AvgIpc) is 3.39. The van der Waals surface area contributed by atoms with E-state index in [-0.39, 0.29) is 5.91 Å². The molecule has 7 nitrogen and oxygen atoms in total. The predicted molar refractivity (Wildman–Crippen MR) is 100 cm³/mol. The van der Waals surface area contributed by atoms with Gasteiger partial charge in [0.15, 0.2) is 0 Å². The highest BCUT2D eigenvalue weighted by Gasteiger charge is 2.46. The normalized spacial score (nSPS) is 21.8. The van der Waals surface area contributed by atoms with Gasteiger partial charge in [0, 0.05) is 42.0 Å². The van der Waals surface area contributed by atoms with Crippen molar-refractivity contribution in [3.8, 4) is 0 Å². The van der Waals surface area contributed by atoms with Crippen molar-refractivity contribution in [1.29, 1.82) is 0 Å². The van der Waals surface area contributed by atoms with Crippen LogP contribution in [0.1, 0.15) is 28.6 Å². The van der Waals surface area contributed by atoms with Gasteiger partial charge in [-0.05, 0) is 13.3 Å². The van der Waals surface area contributed by atoms with Crippen LogP contribution in [0.25, 0.3) is 0 Å². The van der Waals surface area contributed by atoms with Crippen molar-refractivity contribution in [1.82, 2.24) is 19.8 Å². The summed E-state index contributed by atoms with van der Waals surface area (Å²) >= 11 is 3.34. The Morgan fingerprint density at radius 3 is 2.59 bits per heavy atom. The van der Waals surface area contributed by atoms with Gasteiger partial charge >= 0.3 is 12.1 Å². The lowest BCUT2D eigenvalue weighted by Crippen LogP contribution is -2.36. The number of aliphatic carboxylic acids is 1. The second-order valence-electron chi connectivity index (χ2n) is 6.71. The zero-order valence-corrected chi connectivity index (χ0v) is 17.1. The highest BCUT2D eigenvalue weighted by molar-refractivity contribution is 7.09. The number of hydrogen-bond acceptors (Lipinski definition) is 7. The fourth-order valence-corrected chi connectivity index (χ4v) is 4.82. The number of nitrogens with zero attached hydrogens (tertiary/aromatic N) is 4. The number of likely N-dealkylation sites (tertiary alicyclic amines) is 2. The number of alkyl halides is 3. The second kappa shape index (κ2) is 8.76. The molecule has 0 aromatic carbocycles. The van der Waals surface area contributed by atoms with E-state index in [1.807, 2.05) is 23.4 Å². The van der Waals surface area contributed by atoms with Crippen molar-refractivity contribution in [2.24, 2.45) is 0 Å². The van der Waals surface area contributed by atoms with Crippen LogP contribution < -0.4 is 0 Å². The minimum Gasteiger partial charge on any atom is -0.475 e. The quantitative estimate of drug-likeness (QED) is 0.774. The van der Waals surface area contributed by atoms with Gasteiger partial charge in [-0.25, -0.2) is 14.8 Å². The van der Waals surface area contributed by atoms with Crippen molar-refractivity contribution in [3.05, 3.63) is 32.7 Å². The van der Waals surface area contributed by atoms with Gasteiger partial charge in [-0.2, -0.15) is 13.2 Å². The molecule has 29 heavy (non-hydrogen) atoms. The molecule has 1 amide bonds. The minimum atomic E-state index is -5.08. The van der Waals surface area contributed by atoms with Crippen LogP contribution in [-0.4, -0.2) is 61.6 Å². The molecule has 2 aromatic heterocycles. The Bertz CT molecular complexity index is 856. The Balaban J connectivity index is 0.000000298. The fraction of sp³-hybridized carbons (Fsp3) is 0.529. The number of amides is 1. The van der Waals surface area contributed by atoms with Crippen LogP contribution >= 0.6 is 22.7 Å². The number of carbonyl (C=O) groups is 2. The Morgan fingerprint density at radius 2 is 2.03 bits per heavy atom. The summed E-state index contributed by atoms with van der Waals surface area (Å²) < 4.78 is 31.7. The Morgan fingerprint density at radius 1 is 1.31 bits per heavy atom. The van der Waals surface area contributed by atoms with Crippen LogP contribution in [0, 0.1) is 6.92 Å². The third-order valence-corrected chi connectivity index (χ3v) is 6.38. The van der Waals surface area contributed by atoms with Gasteiger partial charge in [0.05, 0.1) is 23.8 Å². The first-order valence-electron chi connectivity index (χ1n) is 8.78. The zero-order chi connectivity index (χ0) is 21.2. The van der Waals surface area contributed by atoms with Crippen LogP contribution in [0.4, 0.5) is 13.2 Å². The molecule has 1 N–H and O–H groups in total. The number of carboxylic acids is 1.